The van der Waals surface area contributed by atoms with Gasteiger partial charge in [0, 0.05) is 11.4 Å². The maximum atomic E-state index is 12.2. The molecule has 1 heterocycles. The van der Waals surface area contributed by atoms with Gasteiger partial charge < -0.3 is 15.4 Å². The van der Waals surface area contributed by atoms with Crippen LogP contribution < -0.4 is 10.6 Å². The summed E-state index contributed by atoms with van der Waals surface area (Å²) in [5.41, 5.74) is 1.84. The van der Waals surface area contributed by atoms with Crippen molar-refractivity contribution in [3.8, 4) is 0 Å². The Balaban J connectivity index is 1.92. The van der Waals surface area contributed by atoms with E-state index in [2.05, 4.69) is 17.6 Å². The van der Waals surface area contributed by atoms with Crippen LogP contribution in [0, 0.1) is 0 Å². The molecule has 0 amide bonds. The van der Waals surface area contributed by atoms with Crippen molar-refractivity contribution in [1.29, 1.82) is 0 Å². The molecule has 1 aromatic heterocycles. The van der Waals surface area contributed by atoms with Gasteiger partial charge in [0.05, 0.1) is 12.7 Å². The molecular formula is C18H28N2O2S2. The number of aryl methyl sites for hydroxylation is 1. The van der Waals surface area contributed by atoms with Gasteiger partial charge in [-0.2, -0.15) is 0 Å². The molecule has 1 aliphatic carbocycles. The van der Waals surface area contributed by atoms with Crippen molar-refractivity contribution in [2.45, 2.75) is 64.7 Å². The number of carbonyl (C=O) groups is 1. The maximum Gasteiger partial charge on any atom is 0.341 e. The van der Waals surface area contributed by atoms with E-state index in [0.29, 0.717) is 10.7 Å². The van der Waals surface area contributed by atoms with Crippen LogP contribution in [0.5, 0.6) is 0 Å². The third-order valence-corrected chi connectivity index (χ3v) is 5.81. The molecule has 24 heavy (non-hydrogen) atoms. The molecule has 0 fully saturated rings. The molecule has 1 aromatic rings. The maximum absolute atomic E-state index is 12.2. The molecule has 0 saturated carbocycles. The second-order valence-corrected chi connectivity index (χ2v) is 7.72. The number of carbonyl (C=O) groups excluding carboxylic acids is 1. The number of fused-ring (bicyclic) bond motifs is 1. The van der Waals surface area contributed by atoms with Crippen LogP contribution in [0.4, 0.5) is 5.00 Å². The first-order valence-electron chi connectivity index (χ1n) is 8.95. The fourth-order valence-corrected chi connectivity index (χ4v) is 4.60. The molecule has 6 heteroatoms. The van der Waals surface area contributed by atoms with Crippen LogP contribution in [0.3, 0.4) is 0 Å². The van der Waals surface area contributed by atoms with E-state index < -0.39 is 0 Å². The van der Waals surface area contributed by atoms with Gasteiger partial charge in [-0.05, 0) is 49.9 Å². The third kappa shape index (κ3) is 5.18. The van der Waals surface area contributed by atoms with E-state index in [0.717, 1.165) is 42.8 Å². The van der Waals surface area contributed by atoms with Crippen molar-refractivity contribution in [2.24, 2.45) is 0 Å². The number of hydrogen-bond acceptors (Lipinski definition) is 4. The first kappa shape index (κ1) is 19.2. The van der Waals surface area contributed by atoms with Gasteiger partial charge >= 0.3 is 5.97 Å². The van der Waals surface area contributed by atoms with E-state index in [9.17, 15) is 4.79 Å². The SMILES string of the molecule is CCCCCCCNC(=S)Nc1sc2c(c1C(=O)OC)CCCC2. The number of methoxy groups -OCH3 is 1. The first-order valence-corrected chi connectivity index (χ1v) is 10.2. The number of ether oxygens (including phenoxy) is 1. The van der Waals surface area contributed by atoms with Crippen LogP contribution in [-0.4, -0.2) is 24.7 Å². The van der Waals surface area contributed by atoms with Crippen LogP contribution in [-0.2, 0) is 17.6 Å². The fraction of sp³-hybridized carbons (Fsp3) is 0.667. The van der Waals surface area contributed by atoms with E-state index in [4.69, 9.17) is 17.0 Å². The molecule has 0 aromatic carbocycles. The molecule has 4 nitrogen and oxygen atoms in total. The van der Waals surface area contributed by atoms with Gasteiger partial charge in [-0.1, -0.05) is 32.6 Å². The number of esters is 1. The summed E-state index contributed by atoms with van der Waals surface area (Å²) in [6, 6.07) is 0. The highest BCUT2D eigenvalue weighted by Crippen LogP contribution is 2.38. The lowest BCUT2D eigenvalue weighted by Gasteiger charge is -2.12. The molecule has 0 atom stereocenters. The van der Waals surface area contributed by atoms with Crippen molar-refractivity contribution in [3.05, 3.63) is 16.0 Å². The predicted octanol–water partition coefficient (Wildman–Crippen LogP) is 4.67. The lowest BCUT2D eigenvalue weighted by molar-refractivity contribution is 0.0601. The smallest absolute Gasteiger partial charge is 0.341 e. The van der Waals surface area contributed by atoms with Gasteiger partial charge in [0.25, 0.3) is 0 Å². The molecule has 0 unspecified atom stereocenters. The van der Waals surface area contributed by atoms with Crippen LogP contribution in [0.25, 0.3) is 0 Å². The Morgan fingerprint density at radius 3 is 2.71 bits per heavy atom. The van der Waals surface area contributed by atoms with Gasteiger partial charge in [-0.25, -0.2) is 4.79 Å². The van der Waals surface area contributed by atoms with E-state index in [-0.39, 0.29) is 5.97 Å². The van der Waals surface area contributed by atoms with Crippen LogP contribution >= 0.6 is 23.6 Å². The summed E-state index contributed by atoms with van der Waals surface area (Å²) in [6.07, 6.45) is 10.5. The van der Waals surface area contributed by atoms with E-state index in [1.807, 2.05) is 0 Å². The summed E-state index contributed by atoms with van der Waals surface area (Å²) >= 11 is 7.04. The summed E-state index contributed by atoms with van der Waals surface area (Å²) in [5, 5.41) is 7.89. The van der Waals surface area contributed by atoms with Crippen molar-refractivity contribution in [2.75, 3.05) is 19.0 Å². The standard InChI is InChI=1S/C18H28N2O2S2/c1-3-4-5-6-9-12-19-18(23)20-16-15(17(21)22-2)13-10-7-8-11-14(13)24-16/h3-12H2,1-2H3,(H2,19,20,23). The Kier molecular flexibility index (Phi) is 7.99. The molecule has 1 aliphatic rings. The zero-order valence-corrected chi connectivity index (χ0v) is 16.3. The molecule has 134 valence electrons. The molecule has 0 spiro atoms. The minimum absolute atomic E-state index is 0.265. The number of rotatable bonds is 8. The summed E-state index contributed by atoms with van der Waals surface area (Å²) in [6.45, 7) is 3.09. The van der Waals surface area contributed by atoms with Gasteiger partial charge in [0.15, 0.2) is 5.11 Å². The largest absolute Gasteiger partial charge is 0.465 e. The normalized spacial score (nSPS) is 13.2. The molecule has 2 N–H and O–H groups in total. The second kappa shape index (κ2) is 9.99. The van der Waals surface area contributed by atoms with E-state index in [1.54, 1.807) is 11.3 Å². The molecule has 0 aliphatic heterocycles. The summed E-state index contributed by atoms with van der Waals surface area (Å²) in [7, 11) is 1.44. The molecule has 2 rings (SSSR count). The average molecular weight is 369 g/mol. The van der Waals surface area contributed by atoms with Crippen molar-refractivity contribution in [3.63, 3.8) is 0 Å². The first-order chi connectivity index (χ1) is 11.7. The van der Waals surface area contributed by atoms with Gasteiger partial charge in [-0.15, -0.1) is 11.3 Å². The Labute approximate surface area is 154 Å². The van der Waals surface area contributed by atoms with Gasteiger partial charge in [0.2, 0.25) is 0 Å². The molecule has 0 bridgehead atoms. The highest BCUT2D eigenvalue weighted by atomic mass is 32.1. The number of thiophene rings is 1. The molecule has 0 radical (unpaired) electrons. The highest BCUT2D eigenvalue weighted by Gasteiger charge is 2.26. The topological polar surface area (TPSA) is 50.4 Å². The number of unbranched alkanes of at least 4 members (excludes halogenated alkanes) is 4. The quantitative estimate of drug-likeness (QED) is 0.397. The minimum atomic E-state index is -0.265. The Morgan fingerprint density at radius 2 is 1.96 bits per heavy atom. The third-order valence-electron chi connectivity index (χ3n) is 4.35. The highest BCUT2D eigenvalue weighted by molar-refractivity contribution is 7.80. The van der Waals surface area contributed by atoms with Crippen LogP contribution in [0.15, 0.2) is 0 Å². The van der Waals surface area contributed by atoms with Crippen molar-refractivity contribution in [1.82, 2.24) is 5.32 Å². The number of hydrogen-bond donors (Lipinski definition) is 2. The Bertz CT molecular complexity index is 570. The monoisotopic (exact) mass is 368 g/mol. The number of thiocarbonyl (C=S) groups is 1. The van der Waals surface area contributed by atoms with E-state index >= 15 is 0 Å². The van der Waals surface area contributed by atoms with Gasteiger partial charge in [-0.3, -0.25) is 0 Å². The van der Waals surface area contributed by atoms with Crippen molar-refractivity contribution < 1.29 is 9.53 Å². The lowest BCUT2D eigenvalue weighted by Crippen LogP contribution is -2.29. The number of nitrogens with one attached hydrogen (secondary N) is 2. The average Bonchev–Trinajstić information content (AvgIpc) is 2.95. The Morgan fingerprint density at radius 1 is 1.21 bits per heavy atom. The van der Waals surface area contributed by atoms with Crippen molar-refractivity contribution >= 4 is 39.6 Å². The predicted molar refractivity (Wildman–Crippen MR) is 105 cm³/mol. The zero-order valence-electron chi connectivity index (χ0n) is 14.7. The minimum Gasteiger partial charge on any atom is -0.465 e. The number of anilines is 1. The molecular weight excluding hydrogens is 340 g/mol. The fourth-order valence-electron chi connectivity index (χ4n) is 3.05. The van der Waals surface area contributed by atoms with Gasteiger partial charge in [0.1, 0.15) is 5.00 Å². The lowest BCUT2D eigenvalue weighted by atomic mass is 9.95. The summed E-state index contributed by atoms with van der Waals surface area (Å²) in [4.78, 5) is 13.5. The summed E-state index contributed by atoms with van der Waals surface area (Å²) < 4.78 is 4.98. The summed E-state index contributed by atoms with van der Waals surface area (Å²) in [5.74, 6) is -0.265. The van der Waals surface area contributed by atoms with Crippen LogP contribution in [0.2, 0.25) is 0 Å². The van der Waals surface area contributed by atoms with E-state index in [1.165, 1.54) is 44.1 Å². The zero-order chi connectivity index (χ0) is 17.4. The van der Waals surface area contributed by atoms with Crippen LogP contribution in [0.1, 0.15) is 72.7 Å². The second-order valence-electron chi connectivity index (χ2n) is 6.20. The Hall–Kier alpha value is -1.14. The molecule has 0 saturated heterocycles.